The number of carbonyl (C=O) groups excluding carboxylic acids is 1. The summed E-state index contributed by atoms with van der Waals surface area (Å²) in [7, 11) is 0. The molecule has 1 aromatic heterocycles. The van der Waals surface area contributed by atoms with Gasteiger partial charge in [0.25, 0.3) is 5.91 Å². The third kappa shape index (κ3) is 3.97. The summed E-state index contributed by atoms with van der Waals surface area (Å²) in [5, 5.41) is 10.1. The van der Waals surface area contributed by atoms with Crippen molar-refractivity contribution in [1.29, 1.82) is 0 Å². The maximum atomic E-state index is 13.7. The van der Waals surface area contributed by atoms with Gasteiger partial charge in [-0.15, -0.1) is 0 Å². The molecule has 174 valence electrons. The highest BCUT2D eigenvalue weighted by Crippen LogP contribution is 2.41. The number of aryl methyl sites for hydroxylation is 2. The Bertz CT molecular complexity index is 1260. The van der Waals surface area contributed by atoms with Gasteiger partial charge in [0.15, 0.2) is 16.9 Å². The van der Waals surface area contributed by atoms with Gasteiger partial charge in [0, 0.05) is 6.54 Å². The van der Waals surface area contributed by atoms with Crippen molar-refractivity contribution in [3.05, 3.63) is 68.6 Å². The van der Waals surface area contributed by atoms with Gasteiger partial charge in [0.05, 0.1) is 36.8 Å². The maximum absolute atomic E-state index is 13.7. The smallest absolute Gasteiger partial charge is 0.290 e. The Hall–Kier alpha value is -3.32. The van der Waals surface area contributed by atoms with Gasteiger partial charge < -0.3 is 23.9 Å². The molecule has 0 aliphatic carbocycles. The van der Waals surface area contributed by atoms with Gasteiger partial charge in [-0.2, -0.15) is 0 Å². The molecule has 33 heavy (non-hydrogen) atoms. The van der Waals surface area contributed by atoms with Crippen LogP contribution in [0.1, 0.15) is 59.1 Å². The molecule has 0 fully saturated rings. The van der Waals surface area contributed by atoms with E-state index in [1.165, 1.54) is 4.90 Å². The molecule has 1 aliphatic heterocycles. The summed E-state index contributed by atoms with van der Waals surface area (Å²) < 4.78 is 17.6. The van der Waals surface area contributed by atoms with Crippen molar-refractivity contribution < 1.29 is 23.8 Å². The van der Waals surface area contributed by atoms with E-state index in [-0.39, 0.29) is 29.9 Å². The number of rotatable bonds is 8. The lowest BCUT2D eigenvalue weighted by Gasteiger charge is -2.25. The van der Waals surface area contributed by atoms with Gasteiger partial charge in [-0.25, -0.2) is 0 Å². The first kappa shape index (κ1) is 22.9. The Balaban J connectivity index is 1.93. The molecular weight excluding hydrogens is 422 g/mol. The normalized spacial score (nSPS) is 15.2. The number of fused-ring (bicyclic) bond motifs is 2. The number of aliphatic hydroxyl groups excluding tert-OH is 1. The fourth-order valence-electron chi connectivity index (χ4n) is 4.49. The number of carbonyl (C=O) groups is 1. The summed E-state index contributed by atoms with van der Waals surface area (Å²) in [6.45, 7) is 8.51. The Kier molecular flexibility index (Phi) is 6.42. The Morgan fingerprint density at radius 3 is 2.55 bits per heavy atom. The lowest BCUT2D eigenvalue weighted by atomic mass is 9.96. The molecule has 3 aromatic rings. The average Bonchev–Trinajstić information content (AvgIpc) is 3.05. The van der Waals surface area contributed by atoms with Gasteiger partial charge in [0.2, 0.25) is 5.76 Å². The van der Waals surface area contributed by atoms with Crippen molar-refractivity contribution in [3.63, 3.8) is 0 Å². The van der Waals surface area contributed by atoms with Gasteiger partial charge in [0.1, 0.15) is 5.58 Å². The van der Waals surface area contributed by atoms with Gasteiger partial charge in [-0.3, -0.25) is 9.59 Å². The van der Waals surface area contributed by atoms with Crippen LogP contribution in [0.25, 0.3) is 11.0 Å². The minimum atomic E-state index is -0.694. The summed E-state index contributed by atoms with van der Waals surface area (Å²) in [5.41, 5.74) is 2.89. The number of aliphatic hydroxyl groups is 1. The zero-order valence-electron chi connectivity index (χ0n) is 19.4. The lowest BCUT2D eigenvalue weighted by molar-refractivity contribution is 0.0691. The summed E-state index contributed by atoms with van der Waals surface area (Å²) in [6.07, 6.45) is 0.856. The number of benzene rings is 2. The Morgan fingerprint density at radius 1 is 1.06 bits per heavy atom. The van der Waals surface area contributed by atoms with Crippen LogP contribution in [-0.4, -0.2) is 42.3 Å². The van der Waals surface area contributed by atoms with Crippen LogP contribution < -0.4 is 14.9 Å². The standard InChI is InChI=1S/C26H29NO6/c1-5-11-32-18-8-7-17(14-19(18)31-6-2)23-22-24(29)21-16(4)12-15(3)13-20(21)33-25(22)26(30)27(23)9-10-28/h7-8,12-14,23,28H,5-6,9-11H2,1-4H3. The van der Waals surface area contributed by atoms with Crippen LogP contribution in [0.15, 0.2) is 39.5 Å². The SMILES string of the molecule is CCCOc1ccc(C2c3c(oc4cc(C)cc(C)c4c3=O)C(=O)N2CCO)cc1OCC. The third-order valence-electron chi connectivity index (χ3n) is 5.80. The van der Waals surface area contributed by atoms with E-state index in [0.717, 1.165) is 17.5 Å². The van der Waals surface area contributed by atoms with Crippen LogP contribution in [0.2, 0.25) is 0 Å². The maximum Gasteiger partial charge on any atom is 0.290 e. The molecule has 0 saturated carbocycles. The molecule has 0 spiro atoms. The molecule has 7 heteroatoms. The highest BCUT2D eigenvalue weighted by molar-refractivity contribution is 5.99. The van der Waals surface area contributed by atoms with Gasteiger partial charge in [-0.1, -0.05) is 19.1 Å². The van der Waals surface area contributed by atoms with E-state index < -0.39 is 11.9 Å². The zero-order valence-corrected chi connectivity index (χ0v) is 19.4. The van der Waals surface area contributed by atoms with Gasteiger partial charge in [-0.05, 0) is 62.1 Å². The minimum absolute atomic E-state index is 0.0280. The second-order valence-corrected chi connectivity index (χ2v) is 8.24. The van der Waals surface area contributed by atoms with Crippen LogP contribution in [0, 0.1) is 13.8 Å². The first-order chi connectivity index (χ1) is 15.9. The van der Waals surface area contributed by atoms with Crippen LogP contribution >= 0.6 is 0 Å². The minimum Gasteiger partial charge on any atom is -0.490 e. The van der Waals surface area contributed by atoms with Gasteiger partial charge >= 0.3 is 0 Å². The number of ether oxygens (including phenoxy) is 2. The predicted molar refractivity (Wildman–Crippen MR) is 125 cm³/mol. The van der Waals surface area contributed by atoms with Crippen LogP contribution in [0.4, 0.5) is 0 Å². The van der Waals surface area contributed by atoms with Crippen molar-refractivity contribution in [2.75, 3.05) is 26.4 Å². The summed E-state index contributed by atoms with van der Waals surface area (Å²) in [4.78, 5) is 28.5. The molecule has 1 atom stereocenters. The third-order valence-corrected chi connectivity index (χ3v) is 5.80. The van der Waals surface area contributed by atoms with E-state index in [9.17, 15) is 14.7 Å². The summed E-state index contributed by atoms with van der Waals surface area (Å²) in [5.74, 6) is 0.773. The van der Waals surface area contributed by atoms with Crippen molar-refractivity contribution >= 4 is 16.9 Å². The monoisotopic (exact) mass is 451 g/mol. The van der Waals surface area contributed by atoms with Crippen molar-refractivity contribution in [2.45, 2.75) is 40.2 Å². The second kappa shape index (κ2) is 9.27. The number of hydrogen-bond acceptors (Lipinski definition) is 6. The van der Waals surface area contributed by atoms with E-state index in [1.54, 1.807) is 18.2 Å². The fraction of sp³-hybridized carbons (Fsp3) is 0.385. The van der Waals surface area contributed by atoms with Crippen LogP contribution in [0.5, 0.6) is 11.5 Å². The number of amides is 1. The zero-order chi connectivity index (χ0) is 23.7. The van der Waals surface area contributed by atoms with E-state index in [1.807, 2.05) is 39.8 Å². The highest BCUT2D eigenvalue weighted by atomic mass is 16.5. The molecule has 1 unspecified atom stereocenters. The molecule has 0 bridgehead atoms. The lowest BCUT2D eigenvalue weighted by Crippen LogP contribution is -2.32. The van der Waals surface area contributed by atoms with E-state index in [4.69, 9.17) is 13.9 Å². The van der Waals surface area contributed by atoms with Crippen molar-refractivity contribution in [3.8, 4) is 11.5 Å². The molecule has 1 amide bonds. The second-order valence-electron chi connectivity index (χ2n) is 8.24. The summed E-state index contributed by atoms with van der Waals surface area (Å²) >= 11 is 0. The molecule has 2 heterocycles. The Labute approximate surface area is 192 Å². The molecule has 7 nitrogen and oxygen atoms in total. The van der Waals surface area contributed by atoms with Crippen molar-refractivity contribution in [1.82, 2.24) is 4.90 Å². The topological polar surface area (TPSA) is 89.2 Å². The molecule has 1 aliphatic rings. The largest absolute Gasteiger partial charge is 0.490 e. The van der Waals surface area contributed by atoms with Crippen LogP contribution in [0.3, 0.4) is 0 Å². The van der Waals surface area contributed by atoms with Crippen molar-refractivity contribution in [2.24, 2.45) is 0 Å². The fourth-order valence-corrected chi connectivity index (χ4v) is 4.49. The van der Waals surface area contributed by atoms with E-state index in [2.05, 4.69) is 0 Å². The number of nitrogens with zero attached hydrogens (tertiary/aromatic N) is 1. The highest BCUT2D eigenvalue weighted by Gasteiger charge is 2.42. The quantitative estimate of drug-likeness (QED) is 0.554. The number of hydrogen-bond donors (Lipinski definition) is 1. The first-order valence-corrected chi connectivity index (χ1v) is 11.3. The molecule has 4 rings (SSSR count). The molecular formula is C26H29NO6. The molecule has 1 N–H and O–H groups in total. The number of β-amino-alcohol motifs (C(OH)–C–C–N with tert-alkyl or cyclic N) is 1. The molecule has 2 aromatic carbocycles. The predicted octanol–water partition coefficient (Wildman–Crippen LogP) is 4.13. The van der Waals surface area contributed by atoms with E-state index >= 15 is 0 Å². The first-order valence-electron chi connectivity index (χ1n) is 11.3. The van der Waals surface area contributed by atoms with Crippen LogP contribution in [-0.2, 0) is 0 Å². The van der Waals surface area contributed by atoms with E-state index in [0.29, 0.717) is 41.2 Å². The average molecular weight is 452 g/mol. The molecule has 0 saturated heterocycles. The summed E-state index contributed by atoms with van der Waals surface area (Å²) in [6, 6.07) is 8.44. The Morgan fingerprint density at radius 2 is 1.85 bits per heavy atom. The molecule has 0 radical (unpaired) electrons.